The van der Waals surface area contributed by atoms with Crippen LogP contribution in [0.3, 0.4) is 0 Å². The van der Waals surface area contributed by atoms with Gasteiger partial charge >= 0.3 is 0 Å². The highest BCUT2D eigenvalue weighted by molar-refractivity contribution is 9.09. The van der Waals surface area contributed by atoms with E-state index in [1.54, 1.807) is 0 Å². The van der Waals surface area contributed by atoms with Gasteiger partial charge in [-0.05, 0) is 12.0 Å². The minimum absolute atomic E-state index is 0.882. The molecule has 0 aliphatic carbocycles. The fourth-order valence-electron chi connectivity index (χ4n) is 1.85. The van der Waals surface area contributed by atoms with Crippen LogP contribution in [0.5, 0.6) is 0 Å². The molecule has 0 spiro atoms. The first-order valence-electron chi connectivity index (χ1n) is 6.51. The molecule has 19 heavy (non-hydrogen) atoms. The summed E-state index contributed by atoms with van der Waals surface area (Å²) in [5.41, 5.74) is 1.30. The van der Waals surface area contributed by atoms with Crippen molar-refractivity contribution in [3.05, 3.63) is 41.7 Å². The molecule has 0 saturated carbocycles. The maximum Gasteiger partial charge on any atom is 0.205 e. The van der Waals surface area contributed by atoms with E-state index in [1.165, 1.54) is 17.1 Å². The maximum atomic E-state index is 4.63. The van der Waals surface area contributed by atoms with Crippen molar-refractivity contribution in [1.29, 1.82) is 0 Å². The fourth-order valence-corrected chi connectivity index (χ4v) is 3.01. The Labute approximate surface area is 127 Å². The Kier molecular flexibility index (Phi) is 5.79. The molecule has 0 amide bonds. The molecule has 0 atom stereocenters. The number of nitrogens with zero attached hydrogens (tertiary/aromatic N) is 3. The Hall–Kier alpha value is -0.940. The topological polar surface area (TPSA) is 29.0 Å². The Morgan fingerprint density at radius 1 is 1.26 bits per heavy atom. The van der Waals surface area contributed by atoms with Crippen LogP contribution in [0.25, 0.3) is 0 Å². The molecule has 3 nitrogen and oxygen atoms in total. The largest absolute Gasteiger partial charge is 0.342 e. The van der Waals surface area contributed by atoms with Crippen molar-refractivity contribution >= 4 is 32.6 Å². The van der Waals surface area contributed by atoms with Crippen molar-refractivity contribution in [2.75, 3.05) is 16.8 Å². The van der Waals surface area contributed by atoms with Crippen LogP contribution in [-0.2, 0) is 13.0 Å². The molecule has 1 aromatic carbocycles. The van der Waals surface area contributed by atoms with Gasteiger partial charge in [-0.3, -0.25) is 0 Å². The summed E-state index contributed by atoms with van der Waals surface area (Å²) in [5.74, 6) is 0.968. The molecule has 0 aliphatic rings. The van der Waals surface area contributed by atoms with Crippen molar-refractivity contribution in [1.82, 2.24) is 9.36 Å². The molecular weight excluding hydrogens is 322 g/mol. The molecule has 0 fully saturated rings. The third-order valence-corrected chi connectivity index (χ3v) is 3.94. The number of hydrogen-bond donors (Lipinski definition) is 0. The van der Waals surface area contributed by atoms with Gasteiger partial charge in [0.05, 0.1) is 0 Å². The van der Waals surface area contributed by atoms with Gasteiger partial charge in [-0.25, -0.2) is 4.98 Å². The van der Waals surface area contributed by atoms with Gasteiger partial charge in [0.25, 0.3) is 0 Å². The van der Waals surface area contributed by atoms with Gasteiger partial charge in [0.1, 0.15) is 5.82 Å². The van der Waals surface area contributed by atoms with Crippen LogP contribution < -0.4 is 4.90 Å². The smallest absolute Gasteiger partial charge is 0.205 e. The quantitative estimate of drug-likeness (QED) is 0.716. The van der Waals surface area contributed by atoms with Crippen LogP contribution in [0.4, 0.5) is 5.13 Å². The number of benzene rings is 1. The van der Waals surface area contributed by atoms with Crippen LogP contribution in [0.1, 0.15) is 24.7 Å². The zero-order valence-corrected chi connectivity index (χ0v) is 13.5. The molecule has 0 saturated heterocycles. The fraction of sp³-hybridized carbons (Fsp3) is 0.429. The summed E-state index contributed by atoms with van der Waals surface area (Å²) in [4.78, 5) is 6.91. The van der Waals surface area contributed by atoms with Crippen molar-refractivity contribution in [2.45, 2.75) is 26.3 Å². The van der Waals surface area contributed by atoms with E-state index in [0.717, 1.165) is 42.2 Å². The Morgan fingerprint density at radius 3 is 2.74 bits per heavy atom. The minimum atomic E-state index is 0.882. The molecular formula is C14H18BrN3S. The second kappa shape index (κ2) is 7.60. The summed E-state index contributed by atoms with van der Waals surface area (Å²) in [6, 6.07) is 10.5. The van der Waals surface area contributed by atoms with Crippen molar-refractivity contribution in [3.63, 3.8) is 0 Å². The standard InChI is InChI=1S/C14H18BrN3S/c1-2-6-13-16-14(19-17-13)18(10-9-15)11-12-7-4-3-5-8-12/h3-5,7-8H,2,6,9-11H2,1H3. The third-order valence-electron chi connectivity index (χ3n) is 2.77. The summed E-state index contributed by atoms with van der Waals surface area (Å²) < 4.78 is 4.42. The van der Waals surface area contributed by atoms with Gasteiger partial charge < -0.3 is 4.90 Å². The molecule has 0 N–H and O–H groups in total. The van der Waals surface area contributed by atoms with Crippen LogP contribution in [0.2, 0.25) is 0 Å². The average Bonchev–Trinajstić information content (AvgIpc) is 2.88. The average molecular weight is 340 g/mol. The third kappa shape index (κ3) is 4.28. The van der Waals surface area contributed by atoms with Crippen molar-refractivity contribution in [3.8, 4) is 0 Å². The van der Waals surface area contributed by atoms with Crippen LogP contribution in [0.15, 0.2) is 30.3 Å². The highest BCUT2D eigenvalue weighted by atomic mass is 79.9. The van der Waals surface area contributed by atoms with Gasteiger partial charge in [0.15, 0.2) is 0 Å². The van der Waals surface area contributed by atoms with Gasteiger partial charge in [-0.1, -0.05) is 53.2 Å². The number of rotatable bonds is 7. The van der Waals surface area contributed by atoms with Crippen LogP contribution >= 0.6 is 27.5 Å². The van der Waals surface area contributed by atoms with Crippen LogP contribution in [0, 0.1) is 0 Å². The molecule has 0 radical (unpaired) electrons. The Bertz CT molecular complexity index is 486. The predicted octanol–water partition coefficient (Wildman–Crippen LogP) is 3.89. The second-order valence-corrected chi connectivity index (χ2v) is 5.86. The zero-order valence-electron chi connectivity index (χ0n) is 11.1. The minimum Gasteiger partial charge on any atom is -0.342 e. The van der Waals surface area contributed by atoms with Crippen molar-refractivity contribution < 1.29 is 0 Å². The summed E-state index contributed by atoms with van der Waals surface area (Å²) in [6.07, 6.45) is 2.05. The van der Waals surface area contributed by atoms with E-state index in [0.29, 0.717) is 0 Å². The molecule has 5 heteroatoms. The number of alkyl halides is 1. The van der Waals surface area contributed by atoms with E-state index in [9.17, 15) is 0 Å². The Balaban J connectivity index is 2.10. The van der Waals surface area contributed by atoms with E-state index < -0.39 is 0 Å². The molecule has 1 heterocycles. The molecule has 2 rings (SSSR count). The normalized spacial score (nSPS) is 10.6. The first-order valence-corrected chi connectivity index (χ1v) is 8.40. The number of hydrogen-bond acceptors (Lipinski definition) is 4. The van der Waals surface area contributed by atoms with E-state index in [2.05, 4.69) is 61.4 Å². The summed E-state index contributed by atoms with van der Waals surface area (Å²) in [6.45, 7) is 3.98. The molecule has 2 aromatic rings. The first-order chi connectivity index (χ1) is 9.33. The van der Waals surface area contributed by atoms with Gasteiger partial charge in [0, 0.05) is 36.4 Å². The number of halogens is 1. The van der Waals surface area contributed by atoms with Crippen LogP contribution in [-0.4, -0.2) is 21.2 Å². The highest BCUT2D eigenvalue weighted by Crippen LogP contribution is 2.20. The monoisotopic (exact) mass is 339 g/mol. The number of anilines is 1. The maximum absolute atomic E-state index is 4.63. The molecule has 1 aromatic heterocycles. The lowest BCUT2D eigenvalue weighted by Crippen LogP contribution is -2.24. The SMILES string of the molecule is CCCc1nsc(N(CCBr)Cc2ccccc2)n1. The van der Waals surface area contributed by atoms with Gasteiger partial charge in [-0.2, -0.15) is 4.37 Å². The van der Waals surface area contributed by atoms with E-state index in [-0.39, 0.29) is 0 Å². The molecule has 0 bridgehead atoms. The lowest BCUT2D eigenvalue weighted by Gasteiger charge is -2.20. The zero-order chi connectivity index (χ0) is 13.5. The Morgan fingerprint density at radius 2 is 2.05 bits per heavy atom. The molecule has 0 unspecified atom stereocenters. The predicted molar refractivity (Wildman–Crippen MR) is 85.2 cm³/mol. The molecule has 0 aliphatic heterocycles. The lowest BCUT2D eigenvalue weighted by atomic mass is 10.2. The summed E-state index contributed by atoms with van der Waals surface area (Å²) >= 11 is 5.01. The van der Waals surface area contributed by atoms with E-state index in [1.807, 2.05) is 6.07 Å². The number of aryl methyl sites for hydroxylation is 1. The van der Waals surface area contributed by atoms with Gasteiger partial charge in [-0.15, -0.1) is 0 Å². The lowest BCUT2D eigenvalue weighted by molar-refractivity contribution is 0.814. The van der Waals surface area contributed by atoms with Gasteiger partial charge in [0.2, 0.25) is 5.13 Å². The summed E-state index contributed by atoms with van der Waals surface area (Å²) in [7, 11) is 0. The summed E-state index contributed by atoms with van der Waals surface area (Å²) in [5, 5.41) is 1.95. The molecule has 102 valence electrons. The highest BCUT2D eigenvalue weighted by Gasteiger charge is 2.12. The first kappa shape index (κ1) is 14.5. The van der Waals surface area contributed by atoms with E-state index >= 15 is 0 Å². The number of aromatic nitrogens is 2. The van der Waals surface area contributed by atoms with Crippen molar-refractivity contribution in [2.24, 2.45) is 0 Å². The second-order valence-electron chi connectivity index (χ2n) is 4.34. The van der Waals surface area contributed by atoms with E-state index in [4.69, 9.17) is 0 Å².